The Morgan fingerprint density at radius 2 is 2.25 bits per heavy atom. The van der Waals surface area contributed by atoms with E-state index in [0.29, 0.717) is 6.61 Å². The normalized spacial score (nSPS) is 30.1. The molecule has 2 aliphatic rings. The highest BCUT2D eigenvalue weighted by Gasteiger charge is 2.33. The maximum absolute atomic E-state index is 12.3. The second kappa shape index (κ2) is 5.15. The van der Waals surface area contributed by atoms with Gasteiger partial charge >= 0.3 is 0 Å². The van der Waals surface area contributed by atoms with Crippen molar-refractivity contribution in [2.45, 2.75) is 38.8 Å². The van der Waals surface area contributed by atoms with Crippen molar-refractivity contribution < 1.29 is 9.53 Å². The first-order chi connectivity index (χ1) is 7.72. The van der Waals surface area contributed by atoms with Gasteiger partial charge in [-0.05, 0) is 32.6 Å². The molecule has 0 unspecified atom stereocenters. The largest absolute Gasteiger partial charge is 0.375 e. The summed E-state index contributed by atoms with van der Waals surface area (Å²) in [5, 5.41) is 3.26. The van der Waals surface area contributed by atoms with E-state index in [1.54, 1.807) is 0 Å². The monoisotopic (exact) mass is 226 g/mol. The van der Waals surface area contributed by atoms with Crippen molar-refractivity contribution in [2.24, 2.45) is 5.92 Å². The minimum absolute atomic E-state index is 0.00509. The molecule has 0 aromatic rings. The van der Waals surface area contributed by atoms with Crippen LogP contribution in [0.1, 0.15) is 26.7 Å². The van der Waals surface area contributed by atoms with E-state index >= 15 is 0 Å². The highest BCUT2D eigenvalue weighted by Crippen LogP contribution is 2.29. The molecule has 1 saturated carbocycles. The molecular weight excluding hydrogens is 204 g/mol. The summed E-state index contributed by atoms with van der Waals surface area (Å²) in [6, 6.07) is -0.146. The number of nitrogens with one attached hydrogen (secondary N) is 1. The molecule has 1 aliphatic carbocycles. The fraction of sp³-hybridized carbons (Fsp3) is 0.917. The van der Waals surface area contributed by atoms with Gasteiger partial charge in [0.1, 0.15) is 6.04 Å². The molecule has 1 N–H and O–H groups in total. The van der Waals surface area contributed by atoms with Crippen LogP contribution in [-0.2, 0) is 9.53 Å². The zero-order valence-corrected chi connectivity index (χ0v) is 10.2. The standard InChI is InChI=1S/C12H22N2O2/c1-3-14(8-10-4-5-10)12(15)11-9(2)16-7-6-13-11/h9-11,13H,3-8H2,1-2H3/t9-,11+/m1/s1. The summed E-state index contributed by atoms with van der Waals surface area (Å²) in [5.74, 6) is 0.963. The Hall–Kier alpha value is -0.610. The van der Waals surface area contributed by atoms with Crippen LogP contribution in [0.3, 0.4) is 0 Å². The number of likely N-dealkylation sites (N-methyl/N-ethyl adjacent to an activating group) is 1. The lowest BCUT2D eigenvalue weighted by atomic mass is 10.1. The summed E-state index contributed by atoms with van der Waals surface area (Å²) < 4.78 is 5.52. The average molecular weight is 226 g/mol. The Bertz CT molecular complexity index is 253. The first kappa shape index (κ1) is 11.9. The van der Waals surface area contributed by atoms with Crippen LogP contribution in [0.4, 0.5) is 0 Å². The molecule has 0 aromatic heterocycles. The topological polar surface area (TPSA) is 41.6 Å². The quantitative estimate of drug-likeness (QED) is 0.764. The van der Waals surface area contributed by atoms with E-state index in [4.69, 9.17) is 4.74 Å². The van der Waals surface area contributed by atoms with Crippen LogP contribution in [0.15, 0.2) is 0 Å². The molecule has 1 heterocycles. The van der Waals surface area contributed by atoms with Crippen LogP contribution in [0.2, 0.25) is 0 Å². The highest BCUT2D eigenvalue weighted by atomic mass is 16.5. The fourth-order valence-electron chi connectivity index (χ4n) is 2.19. The maximum atomic E-state index is 12.3. The molecule has 0 radical (unpaired) electrons. The molecule has 2 fully saturated rings. The minimum Gasteiger partial charge on any atom is -0.375 e. The molecule has 4 heteroatoms. The lowest BCUT2D eigenvalue weighted by molar-refractivity contribution is -0.139. The summed E-state index contributed by atoms with van der Waals surface area (Å²) in [6.07, 6.45) is 2.57. The van der Waals surface area contributed by atoms with Crippen LogP contribution in [0, 0.1) is 5.92 Å². The first-order valence-corrected chi connectivity index (χ1v) is 6.36. The Balaban J connectivity index is 1.91. The van der Waals surface area contributed by atoms with Crippen molar-refractivity contribution in [3.05, 3.63) is 0 Å². The third kappa shape index (κ3) is 2.74. The van der Waals surface area contributed by atoms with Crippen molar-refractivity contribution in [2.75, 3.05) is 26.2 Å². The minimum atomic E-state index is -0.146. The van der Waals surface area contributed by atoms with Crippen LogP contribution in [-0.4, -0.2) is 49.2 Å². The van der Waals surface area contributed by atoms with E-state index in [-0.39, 0.29) is 18.1 Å². The number of hydrogen-bond donors (Lipinski definition) is 1. The second-order valence-corrected chi connectivity index (χ2v) is 4.83. The van der Waals surface area contributed by atoms with E-state index in [9.17, 15) is 4.79 Å². The van der Waals surface area contributed by atoms with Gasteiger partial charge in [0.05, 0.1) is 12.7 Å². The molecule has 0 aromatic carbocycles. The van der Waals surface area contributed by atoms with Gasteiger partial charge in [0.25, 0.3) is 0 Å². The van der Waals surface area contributed by atoms with Crippen molar-refractivity contribution in [1.82, 2.24) is 10.2 Å². The summed E-state index contributed by atoms with van der Waals surface area (Å²) in [6.45, 7) is 7.25. The van der Waals surface area contributed by atoms with Crippen LogP contribution >= 0.6 is 0 Å². The van der Waals surface area contributed by atoms with E-state index in [2.05, 4.69) is 12.2 Å². The van der Waals surface area contributed by atoms with Crippen molar-refractivity contribution >= 4 is 5.91 Å². The number of ether oxygens (including phenoxy) is 1. The zero-order valence-electron chi connectivity index (χ0n) is 10.2. The number of carbonyl (C=O) groups is 1. The molecule has 92 valence electrons. The molecule has 1 aliphatic heterocycles. The van der Waals surface area contributed by atoms with Gasteiger partial charge in [0, 0.05) is 19.6 Å². The van der Waals surface area contributed by atoms with Gasteiger partial charge in [-0.1, -0.05) is 0 Å². The molecule has 0 bridgehead atoms. The van der Waals surface area contributed by atoms with E-state index < -0.39 is 0 Å². The molecule has 4 nitrogen and oxygen atoms in total. The van der Waals surface area contributed by atoms with Crippen LogP contribution in [0.5, 0.6) is 0 Å². The van der Waals surface area contributed by atoms with Gasteiger partial charge in [-0.15, -0.1) is 0 Å². The van der Waals surface area contributed by atoms with Crippen molar-refractivity contribution in [1.29, 1.82) is 0 Å². The van der Waals surface area contributed by atoms with Gasteiger partial charge in [-0.3, -0.25) is 4.79 Å². The third-order valence-electron chi connectivity index (χ3n) is 3.45. The molecule has 1 amide bonds. The lowest BCUT2D eigenvalue weighted by Gasteiger charge is -2.33. The first-order valence-electron chi connectivity index (χ1n) is 6.36. The molecule has 2 atom stereocenters. The second-order valence-electron chi connectivity index (χ2n) is 4.83. The SMILES string of the molecule is CCN(CC1CC1)C(=O)[C@H]1NCCO[C@@H]1C. The van der Waals surface area contributed by atoms with Gasteiger partial charge in [0.15, 0.2) is 0 Å². The Kier molecular flexibility index (Phi) is 3.82. The summed E-state index contributed by atoms with van der Waals surface area (Å²) in [7, 11) is 0. The predicted molar refractivity (Wildman–Crippen MR) is 62.2 cm³/mol. The van der Waals surface area contributed by atoms with E-state index in [1.807, 2.05) is 11.8 Å². The Morgan fingerprint density at radius 1 is 1.50 bits per heavy atom. The van der Waals surface area contributed by atoms with Gasteiger partial charge in [0.2, 0.25) is 5.91 Å². The van der Waals surface area contributed by atoms with E-state index in [1.165, 1.54) is 12.8 Å². The molecule has 0 spiro atoms. The Morgan fingerprint density at radius 3 is 2.81 bits per heavy atom. The zero-order chi connectivity index (χ0) is 11.5. The maximum Gasteiger partial charge on any atom is 0.242 e. The number of hydrogen-bond acceptors (Lipinski definition) is 3. The van der Waals surface area contributed by atoms with Gasteiger partial charge in [-0.2, -0.15) is 0 Å². The number of rotatable bonds is 4. The van der Waals surface area contributed by atoms with Gasteiger partial charge in [-0.25, -0.2) is 0 Å². The van der Waals surface area contributed by atoms with Crippen molar-refractivity contribution in [3.63, 3.8) is 0 Å². The number of nitrogens with zero attached hydrogens (tertiary/aromatic N) is 1. The highest BCUT2D eigenvalue weighted by molar-refractivity contribution is 5.82. The Labute approximate surface area is 97.3 Å². The smallest absolute Gasteiger partial charge is 0.242 e. The molecular formula is C12H22N2O2. The molecule has 1 saturated heterocycles. The fourth-order valence-corrected chi connectivity index (χ4v) is 2.19. The summed E-state index contributed by atoms with van der Waals surface area (Å²) >= 11 is 0. The lowest BCUT2D eigenvalue weighted by Crippen LogP contribution is -2.56. The molecule has 2 rings (SSSR count). The summed E-state index contributed by atoms with van der Waals surface area (Å²) in [4.78, 5) is 14.3. The van der Waals surface area contributed by atoms with E-state index in [0.717, 1.165) is 25.6 Å². The van der Waals surface area contributed by atoms with Crippen molar-refractivity contribution in [3.8, 4) is 0 Å². The van der Waals surface area contributed by atoms with Crippen LogP contribution < -0.4 is 5.32 Å². The predicted octanol–water partition coefficient (Wildman–Crippen LogP) is 0.622. The molecule has 16 heavy (non-hydrogen) atoms. The summed E-state index contributed by atoms with van der Waals surface area (Å²) in [5.41, 5.74) is 0. The number of carbonyl (C=O) groups excluding carboxylic acids is 1. The number of amides is 1. The third-order valence-corrected chi connectivity index (χ3v) is 3.45. The van der Waals surface area contributed by atoms with Gasteiger partial charge < -0.3 is 15.0 Å². The average Bonchev–Trinajstić information content (AvgIpc) is 3.09. The number of morpholine rings is 1. The van der Waals surface area contributed by atoms with Crippen LogP contribution in [0.25, 0.3) is 0 Å².